The number of hydrogen-bond acceptors (Lipinski definition) is 12. The molecule has 0 aromatic carbocycles. The molecule has 3 aromatic rings. The van der Waals surface area contributed by atoms with Gasteiger partial charge in [-0.1, -0.05) is 14.1 Å². The molecule has 0 atom stereocenters. The van der Waals surface area contributed by atoms with Crippen molar-refractivity contribution in [2.45, 2.75) is 0 Å². The van der Waals surface area contributed by atoms with Crippen LogP contribution in [0.1, 0.15) is 0 Å². The Morgan fingerprint density at radius 2 is 2.00 bits per heavy atom. The first-order chi connectivity index (χ1) is 7.50. The van der Waals surface area contributed by atoms with Crippen LogP contribution >= 0.6 is 23.3 Å². The van der Waals surface area contributed by atoms with Crippen molar-refractivity contribution >= 4 is 23.3 Å². The molecule has 0 amide bonds. The van der Waals surface area contributed by atoms with Crippen LogP contribution in [0.3, 0.4) is 0 Å². The number of rotatable bonds is 0. The molecule has 10 nitrogen and oxygen atoms in total. The zero-order valence-electron chi connectivity index (χ0n) is 6.98. The Labute approximate surface area is 90.8 Å². The molecule has 15 heavy (non-hydrogen) atoms. The lowest BCUT2D eigenvalue weighted by molar-refractivity contribution is 0.392. The van der Waals surface area contributed by atoms with Crippen LogP contribution in [0.25, 0.3) is 0 Å². The first-order valence-corrected chi connectivity index (χ1v) is 4.80. The quantitative estimate of drug-likeness (QED) is 0.502. The average Bonchev–Trinajstić information content (AvgIpc) is 3.09. The van der Waals surface area contributed by atoms with E-state index in [4.69, 9.17) is 0 Å². The summed E-state index contributed by atoms with van der Waals surface area (Å²) in [6, 6.07) is 0. The molecule has 12 heteroatoms. The second-order valence-corrected chi connectivity index (χ2v) is 2.62. The van der Waals surface area contributed by atoms with Crippen molar-refractivity contribution in [3.63, 3.8) is 0 Å². The molecular formula is C3H3N9OS2. The van der Waals surface area contributed by atoms with Crippen LogP contribution in [0, 0.1) is 0 Å². The monoisotopic (exact) mass is 245 g/mol. The summed E-state index contributed by atoms with van der Waals surface area (Å²) in [5, 5.41) is 19.2. The number of hydrogen-bond donors (Lipinski definition) is 0. The van der Waals surface area contributed by atoms with Crippen molar-refractivity contribution in [1.29, 1.82) is 0 Å². The second-order valence-electron chi connectivity index (χ2n) is 1.49. The number of aromatic nitrogens is 9. The van der Waals surface area contributed by atoms with Gasteiger partial charge in [0.1, 0.15) is 5.51 Å². The van der Waals surface area contributed by atoms with Crippen LogP contribution < -0.4 is 0 Å². The third-order valence-corrected chi connectivity index (χ3v) is 1.40. The minimum atomic E-state index is 1.10. The van der Waals surface area contributed by atoms with Gasteiger partial charge >= 0.3 is 0 Å². The largest absolute Gasteiger partial charge is 0.324 e. The molecule has 0 radical (unpaired) electrons. The predicted octanol–water partition coefficient (Wildman–Crippen LogP) is -0.669. The fourth-order valence-electron chi connectivity index (χ4n) is 0.316. The predicted molar refractivity (Wildman–Crippen MR) is 47.5 cm³/mol. The van der Waals surface area contributed by atoms with E-state index in [0.717, 1.165) is 18.1 Å². The van der Waals surface area contributed by atoms with Crippen LogP contribution in [-0.4, -0.2) is 44.3 Å². The first-order valence-electron chi connectivity index (χ1n) is 3.23. The minimum absolute atomic E-state index is 1.10. The summed E-state index contributed by atoms with van der Waals surface area (Å²) >= 11 is 2.34. The number of nitrogens with zero attached hydrogens (tertiary/aromatic N) is 9. The van der Waals surface area contributed by atoms with E-state index in [1.807, 2.05) is 0 Å². The highest BCUT2D eigenvalue weighted by atomic mass is 32.1. The average molecular weight is 245 g/mol. The van der Waals surface area contributed by atoms with E-state index in [9.17, 15) is 0 Å². The van der Waals surface area contributed by atoms with E-state index in [0.29, 0.717) is 0 Å². The van der Waals surface area contributed by atoms with Gasteiger partial charge in [-0.15, -0.1) is 10.2 Å². The second kappa shape index (κ2) is 8.64. The summed E-state index contributed by atoms with van der Waals surface area (Å²) < 4.78 is 14.5. The van der Waals surface area contributed by atoms with Gasteiger partial charge in [0.05, 0.1) is 17.0 Å². The summed E-state index contributed by atoms with van der Waals surface area (Å²) in [6.45, 7) is 0. The topological polar surface area (TPSA) is 129 Å². The standard InChI is InChI=1S/CHN3O.2CHN3S/c2*1-2-3-4-5-1;1-2-4-5-3-1/h3*1H. The Balaban J connectivity index is 0.000000112. The highest BCUT2D eigenvalue weighted by molar-refractivity contribution is 7.02. The first kappa shape index (κ1) is 11.1. The van der Waals surface area contributed by atoms with Gasteiger partial charge in [0.25, 0.3) is 0 Å². The smallest absolute Gasteiger partial charge is 0.235 e. The molecule has 3 aromatic heterocycles. The zero-order valence-corrected chi connectivity index (χ0v) is 8.61. The molecule has 0 aliphatic rings. The Morgan fingerprint density at radius 1 is 1.00 bits per heavy atom. The van der Waals surface area contributed by atoms with Gasteiger partial charge in [-0.05, 0) is 10.4 Å². The van der Waals surface area contributed by atoms with Crippen molar-refractivity contribution in [1.82, 2.24) is 44.3 Å². The zero-order chi connectivity index (χ0) is 10.6. The normalized spacial score (nSPS) is 8.00. The maximum absolute atomic E-state index is 4.11. The van der Waals surface area contributed by atoms with Crippen molar-refractivity contribution in [3.8, 4) is 0 Å². The van der Waals surface area contributed by atoms with Gasteiger partial charge in [0.15, 0.2) is 6.33 Å². The highest BCUT2D eigenvalue weighted by Crippen LogP contribution is 1.72. The summed E-state index contributed by atoms with van der Waals surface area (Å²) in [7, 11) is 0. The van der Waals surface area contributed by atoms with E-state index in [1.54, 1.807) is 5.51 Å². The van der Waals surface area contributed by atoms with Gasteiger partial charge in [-0.25, -0.2) is 0 Å². The van der Waals surface area contributed by atoms with Crippen LogP contribution in [-0.2, 0) is 0 Å². The molecular weight excluding hydrogens is 242 g/mol. The third-order valence-electron chi connectivity index (χ3n) is 0.689. The third kappa shape index (κ3) is 7.15. The summed E-state index contributed by atoms with van der Waals surface area (Å²) in [5.74, 6) is 0. The molecule has 0 N–H and O–H groups in total. The van der Waals surface area contributed by atoms with Crippen molar-refractivity contribution < 1.29 is 4.52 Å². The molecule has 0 saturated heterocycles. The van der Waals surface area contributed by atoms with E-state index in [1.165, 1.54) is 17.9 Å². The summed E-state index contributed by atoms with van der Waals surface area (Å²) in [6.07, 6.45) is 2.56. The van der Waals surface area contributed by atoms with E-state index >= 15 is 0 Å². The molecule has 0 spiro atoms. The maximum atomic E-state index is 4.11. The minimum Gasteiger partial charge on any atom is -0.324 e. The Bertz CT molecular complexity index is 255. The molecule has 0 fully saturated rings. The summed E-state index contributed by atoms with van der Waals surface area (Å²) in [4.78, 5) is 0. The van der Waals surface area contributed by atoms with Crippen LogP contribution in [0.15, 0.2) is 22.8 Å². The fraction of sp³-hybridized carbons (Fsp3) is 0. The lowest BCUT2D eigenvalue weighted by atomic mass is 11.5. The molecule has 3 rings (SSSR count). The van der Waals surface area contributed by atoms with Gasteiger partial charge < -0.3 is 4.52 Å². The molecule has 0 saturated carbocycles. The van der Waals surface area contributed by atoms with Crippen LogP contribution in [0.5, 0.6) is 0 Å². The molecule has 78 valence electrons. The Hall–Kier alpha value is -1.95. The Kier molecular flexibility index (Phi) is 6.41. The van der Waals surface area contributed by atoms with Gasteiger partial charge in [-0.3, -0.25) is 0 Å². The van der Waals surface area contributed by atoms with E-state index in [-0.39, 0.29) is 0 Å². The lowest BCUT2D eigenvalue weighted by Crippen LogP contribution is -1.61. The van der Waals surface area contributed by atoms with Gasteiger partial charge in [-0.2, -0.15) is 4.37 Å². The lowest BCUT2D eigenvalue weighted by Gasteiger charge is -1.41. The van der Waals surface area contributed by atoms with E-state index in [2.05, 4.69) is 48.9 Å². The van der Waals surface area contributed by atoms with Gasteiger partial charge in [0.2, 0.25) is 6.39 Å². The summed E-state index contributed by atoms with van der Waals surface area (Å²) in [5.41, 5.74) is 1.57. The highest BCUT2D eigenvalue weighted by Gasteiger charge is 1.63. The fourth-order valence-corrected chi connectivity index (χ4v) is 0.738. The maximum Gasteiger partial charge on any atom is 0.235 e. The SMILES string of the molecule is c1nnno1.c1nnns1.c1nnsn1. The molecule has 0 aliphatic carbocycles. The molecule has 0 unspecified atom stereocenters. The Morgan fingerprint density at radius 3 is 2.20 bits per heavy atom. The molecule has 0 aliphatic heterocycles. The van der Waals surface area contributed by atoms with Crippen molar-refractivity contribution in [3.05, 3.63) is 18.2 Å². The van der Waals surface area contributed by atoms with Crippen LogP contribution in [0.4, 0.5) is 0 Å². The van der Waals surface area contributed by atoms with Crippen molar-refractivity contribution in [2.75, 3.05) is 0 Å². The molecule has 3 heterocycles. The van der Waals surface area contributed by atoms with E-state index < -0.39 is 0 Å². The van der Waals surface area contributed by atoms with Crippen molar-refractivity contribution in [2.24, 2.45) is 0 Å². The van der Waals surface area contributed by atoms with Crippen LogP contribution in [0.2, 0.25) is 0 Å². The molecule has 0 bridgehead atoms. The van der Waals surface area contributed by atoms with Gasteiger partial charge in [0, 0.05) is 11.5 Å².